The van der Waals surface area contributed by atoms with Crippen molar-refractivity contribution in [2.45, 2.75) is 12.7 Å². The van der Waals surface area contributed by atoms with Crippen LogP contribution in [0.2, 0.25) is 0 Å². The molecule has 0 fully saturated rings. The van der Waals surface area contributed by atoms with Crippen LogP contribution in [0.4, 0.5) is 17.6 Å². The number of hydrogen-bond acceptors (Lipinski definition) is 1. The maximum Gasteiger partial charge on any atom is 0.418 e. The Morgan fingerprint density at radius 1 is 1.29 bits per heavy atom. The quantitative estimate of drug-likeness (QED) is 0.830. The van der Waals surface area contributed by atoms with Gasteiger partial charge < -0.3 is 9.67 Å². The minimum atomic E-state index is -4.77. The number of aromatic carboxylic acids is 1. The third-order valence-corrected chi connectivity index (χ3v) is 3.69. The summed E-state index contributed by atoms with van der Waals surface area (Å²) in [6.45, 7) is -0.0886. The Morgan fingerprint density at radius 2 is 1.95 bits per heavy atom. The molecule has 8 heteroatoms. The van der Waals surface area contributed by atoms with Gasteiger partial charge in [0.15, 0.2) is 0 Å². The summed E-state index contributed by atoms with van der Waals surface area (Å²) in [6.07, 6.45) is -3.19. The molecule has 0 unspecified atom stereocenters. The van der Waals surface area contributed by atoms with Crippen LogP contribution in [0.5, 0.6) is 0 Å². The molecule has 0 saturated heterocycles. The average Bonchev–Trinajstić information content (AvgIpc) is 2.79. The van der Waals surface area contributed by atoms with E-state index in [-0.39, 0.29) is 11.0 Å². The molecule has 0 spiro atoms. The van der Waals surface area contributed by atoms with E-state index in [1.807, 2.05) is 0 Å². The Kier molecular flexibility index (Phi) is 4.08. The molecule has 0 aliphatic heterocycles. The summed E-state index contributed by atoms with van der Waals surface area (Å²) in [6, 6.07) is 4.15. The van der Waals surface area contributed by atoms with Gasteiger partial charge in [-0.2, -0.15) is 13.2 Å². The zero-order chi connectivity index (χ0) is 15.8. The van der Waals surface area contributed by atoms with Gasteiger partial charge in [-0.1, -0.05) is 12.1 Å². The van der Waals surface area contributed by atoms with Gasteiger partial charge in [-0.3, -0.25) is 0 Å². The van der Waals surface area contributed by atoms with Crippen molar-refractivity contribution in [3.8, 4) is 0 Å². The van der Waals surface area contributed by atoms with Crippen LogP contribution in [-0.4, -0.2) is 15.6 Å². The molecular weight excluding hydrogens is 358 g/mol. The van der Waals surface area contributed by atoms with Gasteiger partial charge in [0.1, 0.15) is 5.82 Å². The van der Waals surface area contributed by atoms with Crippen LogP contribution in [0.15, 0.2) is 35.1 Å². The van der Waals surface area contributed by atoms with Crippen LogP contribution >= 0.6 is 15.9 Å². The summed E-state index contributed by atoms with van der Waals surface area (Å²) in [4.78, 5) is 10.9. The van der Waals surface area contributed by atoms with Crippen LogP contribution < -0.4 is 0 Å². The topological polar surface area (TPSA) is 42.2 Å². The van der Waals surface area contributed by atoms with E-state index in [1.165, 1.54) is 18.2 Å². The number of hydrogen-bond donors (Lipinski definition) is 1. The van der Waals surface area contributed by atoms with Crippen LogP contribution in [-0.2, 0) is 12.7 Å². The average molecular weight is 366 g/mol. The molecule has 0 atom stereocenters. The zero-order valence-electron chi connectivity index (χ0n) is 10.3. The lowest BCUT2D eigenvalue weighted by molar-refractivity contribution is -0.138. The maximum atomic E-state index is 13.4. The highest BCUT2D eigenvalue weighted by molar-refractivity contribution is 9.10. The summed E-state index contributed by atoms with van der Waals surface area (Å²) < 4.78 is 52.8. The van der Waals surface area contributed by atoms with E-state index in [2.05, 4.69) is 15.9 Å². The van der Waals surface area contributed by atoms with E-state index in [9.17, 15) is 22.4 Å². The molecule has 2 rings (SSSR count). The normalized spacial score (nSPS) is 11.7. The fraction of sp³-hybridized carbons (Fsp3) is 0.154. The smallest absolute Gasteiger partial charge is 0.418 e. The third-order valence-electron chi connectivity index (χ3n) is 2.80. The second-order valence-corrected chi connectivity index (χ2v) is 5.07. The number of benzene rings is 1. The van der Waals surface area contributed by atoms with Gasteiger partial charge in [-0.25, -0.2) is 9.18 Å². The number of rotatable bonds is 3. The number of carboxylic acids is 1. The summed E-state index contributed by atoms with van der Waals surface area (Å²) in [5.41, 5.74) is -1.67. The number of halogens is 5. The number of nitrogens with zero attached hydrogens (tertiary/aromatic N) is 1. The molecule has 0 aliphatic rings. The maximum absolute atomic E-state index is 13.4. The van der Waals surface area contributed by atoms with Crippen molar-refractivity contribution in [2.75, 3.05) is 0 Å². The molecule has 0 saturated carbocycles. The molecule has 3 nitrogen and oxygen atoms in total. The largest absolute Gasteiger partial charge is 0.478 e. The molecule has 0 bridgehead atoms. The number of alkyl halides is 3. The van der Waals surface area contributed by atoms with Crippen LogP contribution in [0.3, 0.4) is 0 Å². The standard InChI is InChI=1S/C13H8BrF4NO2/c14-11-7(2-1-3-10(11)15)4-19-5-8(12(20)21)9(6-19)13(16,17)18/h1-3,5-6H,4H2,(H,20,21). The fourth-order valence-corrected chi connectivity index (χ4v) is 2.25. The number of carboxylic acid groups (broad SMARTS) is 1. The van der Waals surface area contributed by atoms with E-state index in [0.717, 1.165) is 10.8 Å². The Bertz CT molecular complexity index is 694. The molecule has 1 N–H and O–H groups in total. The lowest BCUT2D eigenvalue weighted by Crippen LogP contribution is -2.09. The zero-order valence-corrected chi connectivity index (χ0v) is 11.9. The SMILES string of the molecule is O=C(O)c1cn(Cc2cccc(F)c2Br)cc1C(F)(F)F. The predicted octanol–water partition coefficient (Wildman–Crippen LogP) is 4.16. The van der Waals surface area contributed by atoms with E-state index >= 15 is 0 Å². The van der Waals surface area contributed by atoms with E-state index in [1.54, 1.807) is 0 Å². The fourth-order valence-electron chi connectivity index (χ4n) is 1.86. The summed E-state index contributed by atoms with van der Waals surface area (Å²) in [5.74, 6) is -2.21. The molecular formula is C13H8BrF4NO2. The summed E-state index contributed by atoms with van der Waals surface area (Å²) in [5, 5.41) is 8.82. The highest BCUT2D eigenvalue weighted by Crippen LogP contribution is 2.33. The molecule has 112 valence electrons. The van der Waals surface area contributed by atoms with Gasteiger partial charge >= 0.3 is 12.1 Å². The lowest BCUT2D eigenvalue weighted by atomic mass is 10.2. The van der Waals surface area contributed by atoms with Gasteiger partial charge in [-0.05, 0) is 27.6 Å². The first-order chi connectivity index (χ1) is 9.70. The van der Waals surface area contributed by atoms with Crippen LogP contribution in [0.1, 0.15) is 21.5 Å². The molecule has 1 aromatic heterocycles. The van der Waals surface area contributed by atoms with E-state index < -0.39 is 29.1 Å². The summed E-state index contributed by atoms with van der Waals surface area (Å²) >= 11 is 3.00. The molecule has 1 aromatic carbocycles. The minimum Gasteiger partial charge on any atom is -0.478 e. The van der Waals surface area contributed by atoms with Crippen LogP contribution in [0.25, 0.3) is 0 Å². The second kappa shape index (κ2) is 5.51. The first-order valence-electron chi connectivity index (χ1n) is 5.63. The lowest BCUT2D eigenvalue weighted by Gasteiger charge is -2.07. The molecule has 0 radical (unpaired) electrons. The Labute approximate surface area is 124 Å². The second-order valence-electron chi connectivity index (χ2n) is 4.27. The van der Waals surface area contributed by atoms with Crippen molar-refractivity contribution in [3.05, 3.63) is 57.6 Å². The highest BCUT2D eigenvalue weighted by Gasteiger charge is 2.37. The monoisotopic (exact) mass is 365 g/mol. The van der Waals surface area contributed by atoms with Gasteiger partial charge in [0, 0.05) is 18.9 Å². The number of carbonyl (C=O) groups is 1. The first-order valence-corrected chi connectivity index (χ1v) is 6.42. The van der Waals surface area contributed by atoms with E-state index in [4.69, 9.17) is 5.11 Å². The van der Waals surface area contributed by atoms with Crippen molar-refractivity contribution in [1.29, 1.82) is 0 Å². The molecule has 2 aromatic rings. The Balaban J connectivity index is 2.42. The molecule has 0 aliphatic carbocycles. The van der Waals surface area contributed by atoms with Crippen molar-refractivity contribution in [1.82, 2.24) is 4.57 Å². The van der Waals surface area contributed by atoms with E-state index in [0.29, 0.717) is 11.8 Å². The van der Waals surface area contributed by atoms with Gasteiger partial charge in [0.05, 0.1) is 15.6 Å². The van der Waals surface area contributed by atoms with Crippen molar-refractivity contribution in [2.24, 2.45) is 0 Å². The van der Waals surface area contributed by atoms with Gasteiger partial charge in [0.25, 0.3) is 0 Å². The van der Waals surface area contributed by atoms with Crippen molar-refractivity contribution >= 4 is 21.9 Å². The Morgan fingerprint density at radius 3 is 2.48 bits per heavy atom. The highest BCUT2D eigenvalue weighted by atomic mass is 79.9. The van der Waals surface area contributed by atoms with Gasteiger partial charge in [0.2, 0.25) is 0 Å². The predicted molar refractivity (Wildman–Crippen MR) is 69.6 cm³/mol. The first kappa shape index (κ1) is 15.6. The minimum absolute atomic E-state index is 0.0886. The van der Waals surface area contributed by atoms with Gasteiger partial charge in [-0.15, -0.1) is 0 Å². The molecule has 0 amide bonds. The third kappa shape index (κ3) is 3.26. The van der Waals surface area contributed by atoms with Crippen LogP contribution in [0, 0.1) is 5.82 Å². The molecule has 21 heavy (non-hydrogen) atoms. The summed E-state index contributed by atoms with van der Waals surface area (Å²) in [7, 11) is 0. The van der Waals surface area contributed by atoms with Crippen molar-refractivity contribution < 1.29 is 27.5 Å². The number of aromatic nitrogens is 1. The molecule has 1 heterocycles. The Hall–Kier alpha value is -1.83. The van der Waals surface area contributed by atoms with Crippen molar-refractivity contribution in [3.63, 3.8) is 0 Å².